The van der Waals surface area contributed by atoms with Crippen LogP contribution in [0.4, 0.5) is 0 Å². The van der Waals surface area contributed by atoms with Crippen molar-refractivity contribution in [1.82, 2.24) is 0 Å². The molecule has 10 nitrogen and oxygen atoms in total. The van der Waals surface area contributed by atoms with Gasteiger partial charge >= 0.3 is 0 Å². The summed E-state index contributed by atoms with van der Waals surface area (Å²) < 4.78 is 62.0. The highest BCUT2D eigenvalue weighted by Crippen LogP contribution is 2.40. The molecule has 2 fully saturated rings. The maximum absolute atomic E-state index is 11.3. The summed E-state index contributed by atoms with van der Waals surface area (Å²) in [6.45, 7) is 5.34. The number of rotatable bonds is 24. The molecule has 11 heteroatoms. The third-order valence-corrected chi connectivity index (χ3v) is 12.7. The van der Waals surface area contributed by atoms with E-state index in [1.54, 1.807) is 6.08 Å². The predicted molar refractivity (Wildman–Crippen MR) is 258 cm³/mol. The van der Waals surface area contributed by atoms with E-state index < -0.39 is 60.6 Å². The van der Waals surface area contributed by atoms with Crippen molar-refractivity contribution in [2.75, 3.05) is 19.8 Å². The monoisotopic (exact) mass is 924 g/mol. The van der Waals surface area contributed by atoms with Crippen molar-refractivity contribution in [3.8, 4) is 0 Å². The van der Waals surface area contributed by atoms with Gasteiger partial charge in [0.2, 0.25) is 0 Å². The van der Waals surface area contributed by atoms with E-state index in [2.05, 4.69) is 6.58 Å². The average molecular weight is 925 g/mol. The van der Waals surface area contributed by atoms with Crippen molar-refractivity contribution in [3.63, 3.8) is 0 Å². The van der Waals surface area contributed by atoms with Gasteiger partial charge in [-0.25, -0.2) is 0 Å². The molecule has 0 radical (unpaired) electrons. The van der Waals surface area contributed by atoms with Gasteiger partial charge < -0.3 is 47.7 Å². The summed E-state index contributed by atoms with van der Waals surface area (Å²) in [7, 11) is 0. The van der Waals surface area contributed by atoms with E-state index in [1.807, 2.05) is 182 Å². The molecule has 350 valence electrons. The highest BCUT2D eigenvalue weighted by molar-refractivity contribution is 7.99. The van der Waals surface area contributed by atoms with E-state index in [9.17, 15) is 5.11 Å². The minimum atomic E-state index is -1.10. The third kappa shape index (κ3) is 14.0. The van der Waals surface area contributed by atoms with Crippen LogP contribution in [0.5, 0.6) is 0 Å². The Hall–Kier alpha value is -4.99. The van der Waals surface area contributed by atoms with Crippen LogP contribution in [0.25, 0.3) is 0 Å². The average Bonchev–Trinajstić information content (AvgIpc) is 3.38. The lowest BCUT2D eigenvalue weighted by molar-refractivity contribution is -0.358. The Balaban J connectivity index is 1.16. The molecule has 6 aromatic carbocycles. The molecule has 6 aromatic rings. The molecular weight excluding hydrogens is 865 g/mol. The Morgan fingerprint density at radius 3 is 1.34 bits per heavy atom. The molecule has 0 saturated carbocycles. The largest absolute Gasteiger partial charge is 0.394 e. The van der Waals surface area contributed by atoms with E-state index in [-0.39, 0.29) is 46.2 Å². The lowest BCUT2D eigenvalue weighted by atomic mass is 9.96. The van der Waals surface area contributed by atoms with Crippen LogP contribution in [0.2, 0.25) is 0 Å². The van der Waals surface area contributed by atoms with Crippen LogP contribution in [-0.4, -0.2) is 85.5 Å². The minimum Gasteiger partial charge on any atom is -0.394 e. The van der Waals surface area contributed by atoms with Crippen LogP contribution in [-0.2, 0) is 75.7 Å². The SMILES string of the molecule is C=CCO[C@H]1[C@@H](OCc2ccccc2)[C@@H](COCc2ccccc2)O[C@@H](O[C@H]2[C@H](OCc3ccccc3)[C@@H](OCc3ccccc3)[C@@H](Sc3ccccc3)O[C@@H]2CO)[C@@H]1OCc1ccccc1. The first kappa shape index (κ1) is 48.5. The van der Waals surface area contributed by atoms with Crippen LogP contribution in [0.1, 0.15) is 27.8 Å². The van der Waals surface area contributed by atoms with Gasteiger partial charge in [0.15, 0.2) is 6.29 Å². The first-order valence-electron chi connectivity index (χ1n) is 22.9. The molecule has 0 unspecified atom stereocenters. The molecular formula is C56H60O10S. The molecule has 2 aliphatic rings. The van der Waals surface area contributed by atoms with Crippen LogP contribution in [0.15, 0.2) is 200 Å². The van der Waals surface area contributed by atoms with Crippen molar-refractivity contribution in [1.29, 1.82) is 0 Å². The zero-order valence-corrected chi connectivity index (χ0v) is 38.4. The molecule has 10 atom stereocenters. The standard InChI is InChI=1S/C56H60O10S/c1-2-33-59-51-49(60-36-42-23-11-4-12-24-42)48(40-58-35-41-21-9-3-10-22-41)64-55(53(51)62-38-44-27-15-6-16-28-44)66-50-47(34-57)65-56(67-46-31-19-8-20-32-46)54(63-39-45-29-17-7-18-30-45)52(50)61-37-43-25-13-5-14-26-43/h2-32,47-57H,1,33-40H2/t47-,48-,49+,50-,51+,52+,53-,54-,55+,56-/m1/s1. The molecule has 67 heavy (non-hydrogen) atoms. The van der Waals surface area contributed by atoms with Gasteiger partial charge in [0.05, 0.1) is 52.9 Å². The second-order valence-electron chi connectivity index (χ2n) is 16.4. The second-order valence-corrected chi connectivity index (χ2v) is 17.6. The van der Waals surface area contributed by atoms with Gasteiger partial charge in [-0.05, 0) is 39.9 Å². The van der Waals surface area contributed by atoms with Crippen molar-refractivity contribution in [3.05, 3.63) is 222 Å². The van der Waals surface area contributed by atoms with Crippen molar-refractivity contribution < 1.29 is 47.7 Å². The number of hydrogen-bond donors (Lipinski definition) is 1. The zero-order valence-electron chi connectivity index (χ0n) is 37.6. The summed E-state index contributed by atoms with van der Waals surface area (Å²) in [5.74, 6) is 0. The summed E-state index contributed by atoms with van der Waals surface area (Å²) in [6.07, 6.45) is -5.62. The third-order valence-electron chi connectivity index (χ3n) is 11.6. The quantitative estimate of drug-likeness (QED) is 0.0588. The van der Waals surface area contributed by atoms with Gasteiger partial charge in [-0.1, -0.05) is 188 Å². The first-order chi connectivity index (χ1) is 33.1. The van der Waals surface area contributed by atoms with E-state index in [1.165, 1.54) is 11.8 Å². The highest BCUT2D eigenvalue weighted by atomic mass is 32.2. The van der Waals surface area contributed by atoms with Crippen LogP contribution < -0.4 is 0 Å². The van der Waals surface area contributed by atoms with Gasteiger partial charge in [0, 0.05) is 4.90 Å². The van der Waals surface area contributed by atoms with Crippen molar-refractivity contribution in [2.45, 2.75) is 98.5 Å². The zero-order chi connectivity index (χ0) is 45.9. The first-order valence-corrected chi connectivity index (χ1v) is 23.8. The van der Waals surface area contributed by atoms with Crippen molar-refractivity contribution >= 4 is 11.8 Å². The van der Waals surface area contributed by atoms with E-state index >= 15 is 0 Å². The fourth-order valence-electron chi connectivity index (χ4n) is 8.24. The second kappa shape index (κ2) is 26.0. The topological polar surface area (TPSA) is 103 Å². The molecule has 0 aliphatic carbocycles. The fraction of sp³-hybridized carbons (Fsp3) is 0.321. The summed E-state index contributed by atoms with van der Waals surface area (Å²) in [6, 6.07) is 59.9. The summed E-state index contributed by atoms with van der Waals surface area (Å²) >= 11 is 1.52. The fourth-order valence-corrected chi connectivity index (χ4v) is 9.39. The molecule has 8 rings (SSSR count). The molecule has 2 saturated heterocycles. The number of benzene rings is 6. The molecule has 0 spiro atoms. The van der Waals surface area contributed by atoms with Gasteiger partial charge in [-0.3, -0.25) is 0 Å². The van der Waals surface area contributed by atoms with Crippen LogP contribution >= 0.6 is 11.8 Å². The van der Waals surface area contributed by atoms with Gasteiger partial charge in [-0.15, -0.1) is 6.58 Å². The Labute approximate surface area is 398 Å². The van der Waals surface area contributed by atoms with Crippen LogP contribution in [0, 0.1) is 0 Å². The van der Waals surface area contributed by atoms with Crippen molar-refractivity contribution in [2.24, 2.45) is 0 Å². The highest BCUT2D eigenvalue weighted by Gasteiger charge is 2.54. The number of thioether (sulfide) groups is 1. The summed E-state index contributed by atoms with van der Waals surface area (Å²) in [4.78, 5) is 0.978. The lowest BCUT2D eigenvalue weighted by Crippen LogP contribution is -2.66. The Morgan fingerprint density at radius 2 is 0.866 bits per heavy atom. The lowest BCUT2D eigenvalue weighted by Gasteiger charge is -2.50. The van der Waals surface area contributed by atoms with Gasteiger partial charge in [-0.2, -0.15) is 0 Å². The van der Waals surface area contributed by atoms with E-state index in [4.69, 9.17) is 42.6 Å². The number of aliphatic hydroxyl groups excluding tert-OH is 1. The molecule has 0 amide bonds. The minimum absolute atomic E-state index is 0.144. The van der Waals surface area contributed by atoms with E-state index in [0.29, 0.717) is 6.61 Å². The Bertz CT molecular complexity index is 2280. The number of ether oxygens (including phenoxy) is 9. The molecule has 0 aromatic heterocycles. The Kier molecular flexibility index (Phi) is 18.8. The van der Waals surface area contributed by atoms with Gasteiger partial charge in [0.25, 0.3) is 0 Å². The molecule has 1 N–H and O–H groups in total. The number of hydrogen-bond acceptors (Lipinski definition) is 11. The summed E-state index contributed by atoms with van der Waals surface area (Å²) in [5, 5.41) is 11.3. The normalized spacial score (nSPS) is 25.1. The number of aliphatic hydroxyl groups is 1. The molecule has 2 heterocycles. The molecule has 0 bridgehead atoms. The van der Waals surface area contributed by atoms with Crippen LogP contribution in [0.3, 0.4) is 0 Å². The summed E-state index contributed by atoms with van der Waals surface area (Å²) in [5.41, 5.74) is 4.31. The molecule has 2 aliphatic heterocycles. The maximum atomic E-state index is 11.3. The predicted octanol–water partition coefficient (Wildman–Crippen LogP) is 9.74. The maximum Gasteiger partial charge on any atom is 0.187 e. The Morgan fingerprint density at radius 1 is 0.448 bits per heavy atom. The van der Waals surface area contributed by atoms with E-state index in [0.717, 1.165) is 32.7 Å². The smallest absolute Gasteiger partial charge is 0.187 e. The van der Waals surface area contributed by atoms with Gasteiger partial charge in [0.1, 0.15) is 54.3 Å².